The van der Waals surface area contributed by atoms with Gasteiger partial charge in [-0.25, -0.2) is 8.78 Å². The number of aliphatic hydroxyl groups is 1. The Morgan fingerprint density at radius 2 is 1.85 bits per heavy atom. The summed E-state index contributed by atoms with van der Waals surface area (Å²) in [5.74, 6) is -4.06. The van der Waals surface area contributed by atoms with Crippen molar-refractivity contribution in [3.8, 4) is 0 Å². The number of rotatable bonds is 4. The molecule has 2 aromatic heterocycles. The molecule has 2 aromatic carbocycles. The van der Waals surface area contributed by atoms with Gasteiger partial charge < -0.3 is 13.9 Å². The van der Waals surface area contributed by atoms with Gasteiger partial charge in [-0.2, -0.15) is 0 Å². The van der Waals surface area contributed by atoms with E-state index in [1.807, 2.05) is 0 Å². The Kier molecular flexibility index (Phi) is 4.93. The van der Waals surface area contributed by atoms with Crippen LogP contribution in [0.1, 0.15) is 28.1 Å². The van der Waals surface area contributed by atoms with Crippen LogP contribution in [-0.4, -0.2) is 16.8 Å². The minimum Gasteiger partial charge on any atom is -0.503 e. The van der Waals surface area contributed by atoms with E-state index in [4.69, 9.17) is 8.83 Å². The minimum atomic E-state index is -1.29. The van der Waals surface area contributed by atoms with Crippen LogP contribution < -0.4 is 4.90 Å². The second-order valence-corrected chi connectivity index (χ2v) is 8.42. The highest BCUT2D eigenvalue weighted by atomic mass is 79.9. The molecular weight excluding hydrogens is 500 g/mol. The monoisotopic (exact) mass is 513 g/mol. The molecule has 0 spiro atoms. The van der Waals surface area contributed by atoms with Crippen molar-refractivity contribution in [3.63, 3.8) is 0 Å². The van der Waals surface area contributed by atoms with Crippen molar-refractivity contribution in [2.45, 2.75) is 13.0 Å². The van der Waals surface area contributed by atoms with E-state index in [1.54, 1.807) is 31.2 Å². The number of hydrogen-bond acceptors (Lipinski definition) is 5. The SMILES string of the molecule is Cc1ccc(C2C(C(=O)c3cc4cc(Br)ccc4o3)=C(O)C(=O)N2c2ccc(F)cc2F)o1. The number of halogens is 3. The lowest BCUT2D eigenvalue weighted by Gasteiger charge is -2.25. The van der Waals surface area contributed by atoms with E-state index in [9.17, 15) is 23.5 Å². The second-order valence-electron chi connectivity index (χ2n) is 7.51. The molecule has 1 N–H and O–H groups in total. The average Bonchev–Trinajstić information content (AvgIpc) is 3.45. The maximum atomic E-state index is 14.7. The van der Waals surface area contributed by atoms with Crippen LogP contribution in [-0.2, 0) is 4.79 Å². The molecule has 1 atom stereocenters. The molecule has 0 aliphatic carbocycles. The molecule has 166 valence electrons. The molecule has 1 amide bonds. The number of aryl methyl sites for hydroxylation is 1. The zero-order valence-electron chi connectivity index (χ0n) is 16.9. The van der Waals surface area contributed by atoms with Gasteiger partial charge in [-0.15, -0.1) is 0 Å². The molecule has 33 heavy (non-hydrogen) atoms. The minimum absolute atomic E-state index is 0.118. The summed E-state index contributed by atoms with van der Waals surface area (Å²) in [6, 6.07) is 11.1. The van der Waals surface area contributed by atoms with Gasteiger partial charge >= 0.3 is 0 Å². The fourth-order valence-corrected chi connectivity index (χ4v) is 4.27. The standard InChI is InChI=1S/C24H14BrF2NO5/c1-11-2-6-18(32-11)21-20(22(29)19-9-12-8-13(25)3-7-17(12)33-19)23(30)24(31)28(21)16-5-4-14(26)10-15(16)27/h2-10,21,30H,1H3. The van der Waals surface area contributed by atoms with Crippen LogP contribution >= 0.6 is 15.9 Å². The van der Waals surface area contributed by atoms with Gasteiger partial charge in [0.05, 0.1) is 11.3 Å². The van der Waals surface area contributed by atoms with Crippen molar-refractivity contribution in [1.82, 2.24) is 0 Å². The van der Waals surface area contributed by atoms with E-state index in [1.165, 1.54) is 12.1 Å². The maximum Gasteiger partial charge on any atom is 0.294 e. The smallest absolute Gasteiger partial charge is 0.294 e. The number of amides is 1. The summed E-state index contributed by atoms with van der Waals surface area (Å²) >= 11 is 3.35. The van der Waals surface area contributed by atoms with Crippen molar-refractivity contribution < 1.29 is 32.3 Å². The van der Waals surface area contributed by atoms with E-state index in [-0.39, 0.29) is 22.8 Å². The molecule has 4 aromatic rings. The Morgan fingerprint density at radius 1 is 1.06 bits per heavy atom. The van der Waals surface area contributed by atoms with Crippen molar-refractivity contribution >= 4 is 44.3 Å². The largest absolute Gasteiger partial charge is 0.503 e. The van der Waals surface area contributed by atoms with E-state index >= 15 is 0 Å². The fraction of sp³-hybridized carbons (Fsp3) is 0.0833. The van der Waals surface area contributed by atoms with E-state index < -0.39 is 35.1 Å². The van der Waals surface area contributed by atoms with Crippen LogP contribution in [0.25, 0.3) is 11.0 Å². The molecule has 1 aliphatic rings. The van der Waals surface area contributed by atoms with Crippen molar-refractivity contribution in [1.29, 1.82) is 0 Å². The Balaban J connectivity index is 1.67. The summed E-state index contributed by atoms with van der Waals surface area (Å²) in [7, 11) is 0. The number of ketones is 1. The number of hydrogen-bond donors (Lipinski definition) is 1. The lowest BCUT2D eigenvalue weighted by atomic mass is 9.99. The van der Waals surface area contributed by atoms with Crippen LogP contribution in [0.4, 0.5) is 14.5 Å². The summed E-state index contributed by atoms with van der Waals surface area (Å²) < 4.78 is 40.2. The molecule has 1 aliphatic heterocycles. The number of carbonyl (C=O) groups is 2. The first kappa shape index (κ1) is 21.1. The molecule has 6 nitrogen and oxygen atoms in total. The van der Waals surface area contributed by atoms with E-state index in [0.29, 0.717) is 22.8 Å². The zero-order valence-corrected chi connectivity index (χ0v) is 18.5. The van der Waals surface area contributed by atoms with Crippen molar-refractivity contribution in [2.24, 2.45) is 0 Å². The zero-order chi connectivity index (χ0) is 23.4. The molecule has 5 rings (SSSR count). The third kappa shape index (κ3) is 3.45. The first-order valence-electron chi connectivity index (χ1n) is 9.76. The lowest BCUT2D eigenvalue weighted by molar-refractivity contribution is -0.117. The van der Waals surface area contributed by atoms with Gasteiger partial charge in [-0.1, -0.05) is 15.9 Å². The summed E-state index contributed by atoms with van der Waals surface area (Å²) in [6.45, 7) is 1.66. The summed E-state index contributed by atoms with van der Waals surface area (Å²) in [4.78, 5) is 27.4. The summed E-state index contributed by atoms with van der Waals surface area (Å²) in [6.07, 6.45) is 0. The Hall–Kier alpha value is -3.72. The molecule has 3 heterocycles. The Bertz CT molecular complexity index is 1490. The normalized spacial score (nSPS) is 16.3. The van der Waals surface area contributed by atoms with Gasteiger partial charge in [0.2, 0.25) is 5.78 Å². The molecule has 0 radical (unpaired) electrons. The highest BCUT2D eigenvalue weighted by Crippen LogP contribution is 2.43. The molecule has 0 fully saturated rings. The van der Waals surface area contributed by atoms with Gasteiger partial charge in [-0.05, 0) is 55.5 Å². The number of aliphatic hydroxyl groups excluding tert-OH is 1. The maximum absolute atomic E-state index is 14.7. The van der Waals surface area contributed by atoms with Crippen LogP contribution in [0.2, 0.25) is 0 Å². The van der Waals surface area contributed by atoms with Gasteiger partial charge in [0.1, 0.15) is 34.8 Å². The molecule has 0 bridgehead atoms. The fourth-order valence-electron chi connectivity index (χ4n) is 3.89. The van der Waals surface area contributed by atoms with Crippen LogP contribution in [0, 0.1) is 18.6 Å². The first-order chi connectivity index (χ1) is 15.7. The number of fused-ring (bicyclic) bond motifs is 1. The van der Waals surface area contributed by atoms with Gasteiger partial charge in [0.15, 0.2) is 11.5 Å². The van der Waals surface area contributed by atoms with Gasteiger partial charge in [0, 0.05) is 15.9 Å². The van der Waals surface area contributed by atoms with Crippen LogP contribution in [0.5, 0.6) is 0 Å². The number of furan rings is 2. The molecule has 0 saturated carbocycles. The third-order valence-corrected chi connectivity index (χ3v) is 5.85. The third-order valence-electron chi connectivity index (χ3n) is 5.35. The number of benzene rings is 2. The molecular formula is C24H14BrF2NO5. The predicted octanol–water partition coefficient (Wildman–Crippen LogP) is 6.16. The molecule has 0 saturated heterocycles. The Labute approximate surface area is 193 Å². The molecule has 9 heteroatoms. The number of carbonyl (C=O) groups excluding carboxylic acids is 2. The van der Waals surface area contributed by atoms with Crippen LogP contribution in [0.15, 0.2) is 79.2 Å². The number of anilines is 1. The quantitative estimate of drug-likeness (QED) is 0.330. The Morgan fingerprint density at radius 3 is 2.55 bits per heavy atom. The lowest BCUT2D eigenvalue weighted by Crippen LogP contribution is -2.31. The van der Waals surface area contributed by atoms with Crippen LogP contribution in [0.3, 0.4) is 0 Å². The van der Waals surface area contributed by atoms with Gasteiger partial charge in [0.25, 0.3) is 5.91 Å². The second kappa shape index (κ2) is 7.70. The highest BCUT2D eigenvalue weighted by Gasteiger charge is 2.47. The molecule has 1 unspecified atom stereocenters. The van der Waals surface area contributed by atoms with E-state index in [0.717, 1.165) is 21.5 Å². The van der Waals surface area contributed by atoms with Gasteiger partial charge in [-0.3, -0.25) is 14.5 Å². The van der Waals surface area contributed by atoms with E-state index in [2.05, 4.69) is 15.9 Å². The van der Waals surface area contributed by atoms with Crippen molar-refractivity contribution in [3.05, 3.63) is 99.3 Å². The summed E-state index contributed by atoms with van der Waals surface area (Å²) in [5.41, 5.74) is -0.225. The first-order valence-corrected chi connectivity index (χ1v) is 10.6. The topological polar surface area (TPSA) is 83.9 Å². The number of Topliss-reactive ketones (excluding diaryl/α,β-unsaturated/α-hetero) is 1. The number of nitrogens with zero attached hydrogens (tertiary/aromatic N) is 1. The average molecular weight is 514 g/mol. The predicted molar refractivity (Wildman–Crippen MR) is 118 cm³/mol. The highest BCUT2D eigenvalue weighted by molar-refractivity contribution is 9.10. The summed E-state index contributed by atoms with van der Waals surface area (Å²) in [5, 5.41) is 11.3. The van der Waals surface area contributed by atoms with Crippen molar-refractivity contribution in [2.75, 3.05) is 4.90 Å².